The van der Waals surface area contributed by atoms with Crippen LogP contribution in [0.4, 0.5) is 11.4 Å². The van der Waals surface area contributed by atoms with Crippen LogP contribution in [0.25, 0.3) is 11.3 Å². The Morgan fingerprint density at radius 1 is 0.667 bits per heavy atom. The topological polar surface area (TPSA) is 10.4 Å². The molecule has 0 N–H and O–H groups in total. The van der Waals surface area contributed by atoms with Crippen molar-refractivity contribution in [1.82, 2.24) is 0 Å². The number of hydrogen-bond donors (Lipinski definition) is 0. The first kappa shape index (κ1) is 24.1. The standard InChI is InChI=1S/C31H29ClN3.CH4/c1-21-11-9-12-22(2)28(21)33-19-20-34(29-23(3)13-10-14-24(29)4)30(33)31(32)26-16-6-5-15-25(26)27-17-7-8-18-35(27)31;/h5-20,30H,1-4H3;1H4/q+1;. The molecule has 1 aromatic heterocycles. The van der Waals surface area contributed by atoms with Crippen LogP contribution in [0.5, 0.6) is 0 Å². The van der Waals surface area contributed by atoms with E-state index in [0.29, 0.717) is 0 Å². The Bertz CT molecular complexity index is 1340. The molecule has 1 atom stereocenters. The van der Waals surface area contributed by atoms with Gasteiger partial charge in [-0.1, -0.05) is 56.0 Å². The molecule has 0 spiro atoms. The molecule has 3 aromatic carbocycles. The average Bonchev–Trinajstić information content (AvgIpc) is 3.38. The normalized spacial score (nSPS) is 18.2. The number of rotatable bonds is 3. The summed E-state index contributed by atoms with van der Waals surface area (Å²) in [6, 6.07) is 27.8. The third kappa shape index (κ3) is 3.30. The van der Waals surface area contributed by atoms with Gasteiger partial charge in [-0.3, -0.25) is 0 Å². The molecule has 6 rings (SSSR count). The first-order valence-corrected chi connectivity index (χ1v) is 12.5. The zero-order valence-corrected chi connectivity index (χ0v) is 21.3. The Morgan fingerprint density at radius 2 is 1.17 bits per heavy atom. The van der Waals surface area contributed by atoms with Gasteiger partial charge in [0, 0.05) is 35.9 Å². The van der Waals surface area contributed by atoms with Gasteiger partial charge in [0.05, 0.1) is 11.1 Å². The first-order valence-electron chi connectivity index (χ1n) is 12.1. The van der Waals surface area contributed by atoms with E-state index in [1.807, 2.05) is 0 Å². The van der Waals surface area contributed by atoms with E-state index in [1.165, 1.54) is 39.2 Å². The summed E-state index contributed by atoms with van der Waals surface area (Å²) in [5.41, 5.74) is 10.7. The Balaban J connectivity index is 0.00000267. The summed E-state index contributed by atoms with van der Waals surface area (Å²) in [6.07, 6.45) is 6.28. The number of pyridine rings is 1. The third-order valence-electron chi connectivity index (χ3n) is 7.44. The molecule has 0 saturated heterocycles. The molecule has 0 aliphatic carbocycles. The Labute approximate surface area is 219 Å². The number of fused-ring (bicyclic) bond motifs is 3. The minimum Gasteiger partial charge on any atom is -0.317 e. The van der Waals surface area contributed by atoms with Crippen molar-refractivity contribution in [3.05, 3.63) is 125 Å². The molecule has 182 valence electrons. The number of aromatic nitrogens is 1. The van der Waals surface area contributed by atoms with Crippen molar-refractivity contribution in [2.75, 3.05) is 9.80 Å². The lowest BCUT2D eigenvalue weighted by atomic mass is 9.97. The number of anilines is 2. The highest BCUT2D eigenvalue weighted by molar-refractivity contribution is 6.24. The molecule has 0 radical (unpaired) electrons. The fourth-order valence-corrected chi connectivity index (χ4v) is 6.50. The van der Waals surface area contributed by atoms with Crippen LogP contribution in [0, 0.1) is 27.7 Å². The second-order valence-corrected chi connectivity index (χ2v) is 10.2. The molecule has 2 aliphatic rings. The molecular weight excluding hydrogens is 462 g/mol. The van der Waals surface area contributed by atoms with Crippen LogP contribution in [0.1, 0.15) is 35.2 Å². The van der Waals surface area contributed by atoms with Gasteiger partial charge in [0.15, 0.2) is 12.4 Å². The van der Waals surface area contributed by atoms with Gasteiger partial charge in [-0.25, -0.2) is 0 Å². The van der Waals surface area contributed by atoms with E-state index < -0.39 is 5.00 Å². The maximum absolute atomic E-state index is 7.98. The van der Waals surface area contributed by atoms with Crippen molar-refractivity contribution in [2.24, 2.45) is 0 Å². The van der Waals surface area contributed by atoms with Gasteiger partial charge < -0.3 is 9.80 Å². The molecule has 2 aliphatic heterocycles. The SMILES string of the molecule is C.Cc1cccc(C)c1N1C=CN(c2c(C)cccc2C)C1C1(Cl)c2ccccc2-c2cccc[n+]21. The molecule has 3 heterocycles. The summed E-state index contributed by atoms with van der Waals surface area (Å²) in [5, 5.41) is 0. The number of aryl methyl sites for hydroxylation is 4. The van der Waals surface area contributed by atoms with Crippen LogP contribution in [0.2, 0.25) is 0 Å². The van der Waals surface area contributed by atoms with Crippen LogP contribution >= 0.6 is 11.6 Å². The molecule has 4 heteroatoms. The minimum atomic E-state index is -0.861. The molecule has 0 saturated carbocycles. The molecule has 36 heavy (non-hydrogen) atoms. The largest absolute Gasteiger partial charge is 0.317 e. The Kier molecular flexibility index (Phi) is 5.92. The zero-order valence-electron chi connectivity index (χ0n) is 20.5. The zero-order chi connectivity index (χ0) is 24.3. The van der Waals surface area contributed by atoms with Crippen LogP contribution in [0.15, 0.2) is 97.5 Å². The van der Waals surface area contributed by atoms with Crippen molar-refractivity contribution >= 4 is 23.0 Å². The summed E-state index contributed by atoms with van der Waals surface area (Å²) >= 11 is 7.98. The third-order valence-corrected chi connectivity index (χ3v) is 8.02. The van der Waals surface area contributed by atoms with Crippen molar-refractivity contribution in [2.45, 2.75) is 46.3 Å². The predicted octanol–water partition coefficient (Wildman–Crippen LogP) is 7.59. The summed E-state index contributed by atoms with van der Waals surface area (Å²) in [7, 11) is 0. The molecule has 4 aromatic rings. The van der Waals surface area contributed by atoms with Gasteiger partial charge in [-0.15, -0.1) is 0 Å². The number of halogens is 1. The molecule has 0 fully saturated rings. The quantitative estimate of drug-likeness (QED) is 0.214. The average molecular weight is 495 g/mol. The van der Waals surface area contributed by atoms with E-state index in [9.17, 15) is 0 Å². The monoisotopic (exact) mass is 494 g/mol. The van der Waals surface area contributed by atoms with Crippen molar-refractivity contribution in [1.29, 1.82) is 0 Å². The smallest absolute Gasteiger partial charge is 0.308 e. The van der Waals surface area contributed by atoms with Crippen molar-refractivity contribution in [3.63, 3.8) is 0 Å². The molecule has 0 amide bonds. The highest BCUT2D eigenvalue weighted by Crippen LogP contribution is 2.49. The fraction of sp³-hybridized carbons (Fsp3) is 0.219. The summed E-state index contributed by atoms with van der Waals surface area (Å²) in [6.45, 7) is 8.72. The number of hydrogen-bond acceptors (Lipinski definition) is 2. The number of alkyl halides is 1. The first-order chi connectivity index (χ1) is 16.9. The van der Waals surface area contributed by atoms with E-state index in [4.69, 9.17) is 11.6 Å². The molecular formula is C32H33ClN3+. The lowest BCUT2D eigenvalue weighted by Crippen LogP contribution is -2.65. The Morgan fingerprint density at radius 3 is 1.72 bits per heavy atom. The fourth-order valence-electron chi connectivity index (χ4n) is 5.98. The highest BCUT2D eigenvalue weighted by atomic mass is 35.5. The van der Waals surface area contributed by atoms with E-state index in [0.717, 1.165) is 11.3 Å². The predicted molar refractivity (Wildman–Crippen MR) is 151 cm³/mol. The number of benzene rings is 3. The maximum atomic E-state index is 7.98. The van der Waals surface area contributed by atoms with Crippen LogP contribution < -0.4 is 14.4 Å². The van der Waals surface area contributed by atoms with Gasteiger partial charge in [-0.05, 0) is 79.7 Å². The van der Waals surface area contributed by atoms with E-state index in [-0.39, 0.29) is 13.6 Å². The van der Waals surface area contributed by atoms with Gasteiger partial charge in [-0.2, -0.15) is 4.57 Å². The van der Waals surface area contributed by atoms with Crippen LogP contribution in [0.3, 0.4) is 0 Å². The highest BCUT2D eigenvalue weighted by Gasteiger charge is 2.61. The van der Waals surface area contributed by atoms with Gasteiger partial charge in [0.1, 0.15) is 0 Å². The van der Waals surface area contributed by atoms with Gasteiger partial charge in [0.2, 0.25) is 5.69 Å². The van der Waals surface area contributed by atoms with Crippen molar-refractivity contribution in [3.8, 4) is 11.3 Å². The summed E-state index contributed by atoms with van der Waals surface area (Å²) < 4.78 is 2.25. The lowest BCUT2D eigenvalue weighted by molar-refractivity contribution is -0.717. The van der Waals surface area contributed by atoms with Crippen LogP contribution in [-0.2, 0) is 5.00 Å². The molecule has 3 nitrogen and oxygen atoms in total. The van der Waals surface area contributed by atoms with E-state index in [2.05, 4.69) is 140 Å². The number of nitrogens with zero attached hydrogens (tertiary/aromatic N) is 3. The van der Waals surface area contributed by atoms with E-state index >= 15 is 0 Å². The van der Waals surface area contributed by atoms with Crippen molar-refractivity contribution < 1.29 is 4.57 Å². The molecule has 1 unspecified atom stereocenters. The molecule has 0 bridgehead atoms. The second kappa shape index (κ2) is 8.83. The summed E-state index contributed by atoms with van der Waals surface area (Å²) in [4.78, 5) is 3.88. The minimum absolute atomic E-state index is 0. The van der Waals surface area contributed by atoms with Gasteiger partial charge in [0.25, 0.3) is 0 Å². The maximum Gasteiger partial charge on any atom is 0.308 e. The van der Waals surface area contributed by atoms with Crippen LogP contribution in [-0.4, -0.2) is 6.17 Å². The lowest BCUT2D eigenvalue weighted by Gasteiger charge is -2.40. The van der Waals surface area contributed by atoms with E-state index in [1.54, 1.807) is 0 Å². The Hall–Kier alpha value is -3.56. The number of para-hydroxylation sites is 2. The second-order valence-electron chi connectivity index (χ2n) is 9.64. The summed E-state index contributed by atoms with van der Waals surface area (Å²) in [5.74, 6) is 0. The van der Waals surface area contributed by atoms with Gasteiger partial charge >= 0.3 is 5.00 Å².